The number of benzene rings is 2. The third-order valence-electron chi connectivity index (χ3n) is 6.93. The van der Waals surface area contributed by atoms with Gasteiger partial charge in [-0.3, -0.25) is 4.79 Å². The van der Waals surface area contributed by atoms with Gasteiger partial charge in [-0.05, 0) is 55.9 Å². The Morgan fingerprint density at radius 3 is 2.61 bits per heavy atom. The summed E-state index contributed by atoms with van der Waals surface area (Å²) in [6.07, 6.45) is 3.00. The van der Waals surface area contributed by atoms with E-state index >= 15 is 0 Å². The summed E-state index contributed by atoms with van der Waals surface area (Å²) in [7, 11) is -4.07. The molecule has 2 aromatic carbocycles. The highest BCUT2D eigenvalue weighted by Crippen LogP contribution is 2.38. The number of carbonyl (C=O) groups is 1. The van der Waals surface area contributed by atoms with Crippen molar-refractivity contribution in [1.29, 1.82) is 0 Å². The van der Waals surface area contributed by atoms with Crippen LogP contribution in [0.5, 0.6) is 0 Å². The molecule has 0 saturated carbocycles. The fraction of sp³-hybridized carbons (Fsp3) is 0.462. The molecule has 1 amide bonds. The van der Waals surface area contributed by atoms with E-state index < -0.39 is 26.8 Å². The van der Waals surface area contributed by atoms with Crippen molar-refractivity contribution < 1.29 is 27.5 Å². The average Bonchev–Trinajstić information content (AvgIpc) is 3.36. The number of nitrogens with zero attached hydrogens (tertiary/aromatic N) is 1. The Kier molecular flexibility index (Phi) is 7.41. The Hall–Kier alpha value is -2.37. The highest BCUT2D eigenvalue weighted by atomic mass is 32.2. The van der Waals surface area contributed by atoms with Gasteiger partial charge in [0.2, 0.25) is 0 Å². The molecule has 8 nitrogen and oxygen atoms in total. The van der Waals surface area contributed by atoms with Crippen molar-refractivity contribution in [3.63, 3.8) is 0 Å². The fourth-order valence-corrected chi connectivity index (χ4v) is 7.69. The molecule has 2 aliphatic heterocycles. The van der Waals surface area contributed by atoms with Crippen LogP contribution in [0.4, 0.5) is 0 Å². The number of hydroxylamine groups is 1. The first-order valence-corrected chi connectivity index (χ1v) is 14.6. The monoisotopic (exact) mass is 530 g/mol. The molecule has 2 fully saturated rings. The summed E-state index contributed by atoms with van der Waals surface area (Å²) in [4.78, 5) is 23.6. The Balaban J connectivity index is 1.44. The molecule has 1 aromatic heterocycles. The minimum Gasteiger partial charge on any atom is -0.381 e. The Labute approximate surface area is 214 Å². The van der Waals surface area contributed by atoms with Crippen LogP contribution in [0.3, 0.4) is 0 Å². The molecule has 0 bridgehead atoms. The number of aromatic nitrogens is 1. The second-order valence-electron chi connectivity index (χ2n) is 9.15. The second kappa shape index (κ2) is 10.5. The van der Waals surface area contributed by atoms with Crippen LogP contribution in [0, 0.1) is 0 Å². The lowest BCUT2D eigenvalue weighted by Crippen LogP contribution is -2.56. The minimum atomic E-state index is -4.07. The number of thiazole rings is 1. The smallest absolute Gasteiger partial charge is 0.265 e. The predicted octanol–water partition coefficient (Wildman–Crippen LogP) is 4.42. The van der Waals surface area contributed by atoms with Gasteiger partial charge in [-0.15, -0.1) is 11.3 Å². The van der Waals surface area contributed by atoms with Crippen molar-refractivity contribution in [2.45, 2.75) is 61.4 Å². The van der Waals surface area contributed by atoms with E-state index in [2.05, 4.69) is 24.5 Å². The molecule has 1 N–H and O–H groups in total. The number of aryl methyl sites for hydroxylation is 1. The summed E-state index contributed by atoms with van der Waals surface area (Å²) >= 11 is 1.44. The van der Waals surface area contributed by atoms with E-state index in [0.717, 1.165) is 40.1 Å². The van der Waals surface area contributed by atoms with Crippen LogP contribution in [0.15, 0.2) is 47.4 Å². The first kappa shape index (κ1) is 25.3. The van der Waals surface area contributed by atoms with Crippen molar-refractivity contribution >= 4 is 37.3 Å². The largest absolute Gasteiger partial charge is 0.381 e. The molecule has 36 heavy (non-hydrogen) atoms. The van der Waals surface area contributed by atoms with Crippen LogP contribution in [0.25, 0.3) is 20.8 Å². The number of hydrogen-bond acceptors (Lipinski definition) is 8. The molecule has 5 rings (SSSR count). The summed E-state index contributed by atoms with van der Waals surface area (Å²) in [6.45, 7) is 3.01. The quantitative estimate of drug-likeness (QED) is 0.451. The van der Waals surface area contributed by atoms with Gasteiger partial charge in [-0.2, -0.15) is 0 Å². The van der Waals surface area contributed by atoms with Crippen molar-refractivity contribution in [3.8, 4) is 10.6 Å². The van der Waals surface area contributed by atoms with Crippen molar-refractivity contribution in [2.75, 3.05) is 19.8 Å². The Morgan fingerprint density at radius 1 is 1.14 bits per heavy atom. The zero-order valence-electron chi connectivity index (χ0n) is 20.2. The normalized spacial score (nSPS) is 20.3. The predicted molar refractivity (Wildman–Crippen MR) is 137 cm³/mol. The first-order valence-electron chi connectivity index (χ1n) is 12.3. The van der Waals surface area contributed by atoms with Crippen LogP contribution in [0.2, 0.25) is 0 Å². The third kappa shape index (κ3) is 4.80. The lowest BCUT2D eigenvalue weighted by atomic mass is 9.98. The van der Waals surface area contributed by atoms with E-state index in [9.17, 15) is 13.2 Å². The van der Waals surface area contributed by atoms with E-state index in [1.165, 1.54) is 23.0 Å². The Bertz CT molecular complexity index is 1320. The van der Waals surface area contributed by atoms with Gasteiger partial charge in [0.1, 0.15) is 5.01 Å². The lowest BCUT2D eigenvalue weighted by Gasteiger charge is -2.35. The number of hydrogen-bond donors (Lipinski definition) is 1. The van der Waals surface area contributed by atoms with Crippen molar-refractivity contribution in [1.82, 2.24) is 10.5 Å². The van der Waals surface area contributed by atoms with Gasteiger partial charge in [-0.25, -0.2) is 23.7 Å². The Morgan fingerprint density at radius 2 is 1.92 bits per heavy atom. The number of nitrogens with one attached hydrogen (secondary N) is 1. The molecule has 0 spiro atoms. The maximum Gasteiger partial charge on any atom is 0.265 e. The summed E-state index contributed by atoms with van der Waals surface area (Å²) in [5, 5.41) is 0.821. The van der Waals surface area contributed by atoms with E-state index in [1.807, 2.05) is 12.1 Å². The molecule has 10 heteroatoms. The summed E-state index contributed by atoms with van der Waals surface area (Å²) in [5.74, 6) is -0.680. The maximum atomic E-state index is 14.0. The summed E-state index contributed by atoms with van der Waals surface area (Å²) in [6, 6.07) is 13.1. The van der Waals surface area contributed by atoms with E-state index in [-0.39, 0.29) is 31.0 Å². The second-order valence-corrected chi connectivity index (χ2v) is 12.4. The molecule has 1 unspecified atom stereocenters. The number of rotatable bonds is 7. The van der Waals surface area contributed by atoms with Gasteiger partial charge in [-0.1, -0.05) is 31.2 Å². The van der Waals surface area contributed by atoms with Crippen LogP contribution >= 0.6 is 11.3 Å². The molecule has 3 heterocycles. The number of sulfone groups is 1. The number of ether oxygens (including phenoxy) is 2. The fourth-order valence-electron chi connectivity index (χ4n) is 4.64. The molecule has 1 atom stereocenters. The highest BCUT2D eigenvalue weighted by Gasteiger charge is 2.52. The zero-order valence-corrected chi connectivity index (χ0v) is 21.8. The molecule has 2 saturated heterocycles. The van der Waals surface area contributed by atoms with Crippen LogP contribution in [-0.2, 0) is 35.4 Å². The topological polar surface area (TPSA) is 104 Å². The van der Waals surface area contributed by atoms with Gasteiger partial charge in [0.05, 0.1) is 15.1 Å². The van der Waals surface area contributed by atoms with Gasteiger partial charge in [0.15, 0.2) is 20.9 Å². The molecule has 0 aliphatic carbocycles. The minimum absolute atomic E-state index is 0.0474. The zero-order chi connectivity index (χ0) is 25.2. The van der Waals surface area contributed by atoms with Gasteiger partial charge in [0, 0.05) is 31.8 Å². The van der Waals surface area contributed by atoms with E-state index in [4.69, 9.17) is 19.3 Å². The first-order chi connectivity index (χ1) is 17.4. The van der Waals surface area contributed by atoms with Gasteiger partial charge in [0.25, 0.3) is 5.91 Å². The maximum absolute atomic E-state index is 14.0. The molecule has 3 aromatic rings. The SMILES string of the molecule is CCc1ccc(-c2nc3ccc(S(=O)(=O)C4(C(=O)NOC5CCCCO5)CCOCC4)cc3s2)cc1. The molecular weight excluding hydrogens is 500 g/mol. The standard InChI is InChI=1S/C26H30N2O6S2/c1-2-18-6-8-19(9-7-18)24-27-21-11-10-20(17-22(21)35-24)36(30,31)26(12-15-32-16-13-26)25(29)28-34-23-5-3-4-14-33-23/h6-11,17,23H,2-5,12-16H2,1H3,(H,28,29). The third-order valence-corrected chi connectivity index (χ3v) is 10.5. The molecular formula is C26H30N2O6S2. The average molecular weight is 531 g/mol. The van der Waals surface area contributed by atoms with Gasteiger partial charge >= 0.3 is 0 Å². The molecule has 192 valence electrons. The lowest BCUT2D eigenvalue weighted by molar-refractivity contribution is -0.202. The summed E-state index contributed by atoms with van der Waals surface area (Å²) in [5.41, 5.74) is 5.35. The number of fused-ring (bicyclic) bond motifs is 1. The summed E-state index contributed by atoms with van der Waals surface area (Å²) < 4.78 is 37.9. The number of carbonyl (C=O) groups excluding carboxylic acids is 1. The van der Waals surface area contributed by atoms with Crippen molar-refractivity contribution in [2.24, 2.45) is 0 Å². The van der Waals surface area contributed by atoms with Crippen LogP contribution in [-0.4, -0.2) is 50.2 Å². The van der Waals surface area contributed by atoms with E-state index in [1.54, 1.807) is 12.1 Å². The highest BCUT2D eigenvalue weighted by molar-refractivity contribution is 7.93. The van der Waals surface area contributed by atoms with Crippen LogP contribution < -0.4 is 5.48 Å². The van der Waals surface area contributed by atoms with Crippen LogP contribution in [0.1, 0.15) is 44.6 Å². The molecule has 2 aliphatic rings. The number of amides is 1. The van der Waals surface area contributed by atoms with Gasteiger partial charge < -0.3 is 9.47 Å². The van der Waals surface area contributed by atoms with E-state index in [0.29, 0.717) is 13.0 Å². The molecule has 0 radical (unpaired) electrons. The van der Waals surface area contributed by atoms with Crippen molar-refractivity contribution in [3.05, 3.63) is 48.0 Å².